The fraction of sp³-hybridized carbons (Fsp3) is 1.00. The summed E-state index contributed by atoms with van der Waals surface area (Å²) in [7, 11) is -1.12. The molecule has 1 N–H and O–H groups in total. The van der Waals surface area contributed by atoms with E-state index in [1.807, 2.05) is 13.8 Å². The Bertz CT molecular complexity index is 276. The van der Waals surface area contributed by atoms with Gasteiger partial charge in [-0.3, -0.25) is 0 Å². The molecule has 0 saturated carbocycles. The van der Waals surface area contributed by atoms with Gasteiger partial charge in [-0.05, 0) is 20.3 Å². The average Bonchev–Trinajstić information content (AvgIpc) is 2.44. The van der Waals surface area contributed by atoms with Crippen molar-refractivity contribution in [3.63, 3.8) is 0 Å². The molecule has 1 saturated heterocycles. The average molecular weight is 221 g/mol. The molecular formula is C9H19NO3S. The molecule has 1 rings (SSSR count). The number of sulfone groups is 1. The van der Waals surface area contributed by atoms with Gasteiger partial charge in [-0.15, -0.1) is 0 Å². The summed E-state index contributed by atoms with van der Waals surface area (Å²) in [4.78, 5) is 0. The van der Waals surface area contributed by atoms with Crippen molar-refractivity contribution < 1.29 is 13.2 Å². The van der Waals surface area contributed by atoms with Gasteiger partial charge in [-0.2, -0.15) is 0 Å². The highest BCUT2D eigenvalue weighted by atomic mass is 32.2. The van der Waals surface area contributed by atoms with E-state index in [1.54, 1.807) is 7.11 Å². The molecule has 3 unspecified atom stereocenters. The zero-order valence-electron chi connectivity index (χ0n) is 8.99. The highest BCUT2D eigenvalue weighted by Crippen LogP contribution is 2.12. The maximum absolute atomic E-state index is 11.2. The topological polar surface area (TPSA) is 55.4 Å². The van der Waals surface area contributed by atoms with Crippen molar-refractivity contribution in [3.8, 4) is 0 Å². The second-order valence-electron chi connectivity index (χ2n) is 4.00. The zero-order chi connectivity index (χ0) is 10.8. The minimum absolute atomic E-state index is 0.104. The summed E-state index contributed by atoms with van der Waals surface area (Å²) in [5.41, 5.74) is 0. The highest BCUT2D eigenvalue weighted by molar-refractivity contribution is 7.91. The van der Waals surface area contributed by atoms with Crippen molar-refractivity contribution in [2.75, 3.05) is 18.6 Å². The van der Waals surface area contributed by atoms with Crippen LogP contribution in [0.4, 0.5) is 0 Å². The Morgan fingerprint density at radius 1 is 1.43 bits per heavy atom. The van der Waals surface area contributed by atoms with Gasteiger partial charge >= 0.3 is 0 Å². The van der Waals surface area contributed by atoms with E-state index >= 15 is 0 Å². The predicted octanol–water partition coefficient (Wildman–Crippen LogP) is 0.187. The first kappa shape index (κ1) is 11.9. The summed E-state index contributed by atoms with van der Waals surface area (Å²) in [6, 6.07) is 0.297. The Hall–Kier alpha value is -0.130. The molecule has 0 aromatic rings. The maximum Gasteiger partial charge on any atom is 0.151 e. The monoisotopic (exact) mass is 221 g/mol. The van der Waals surface area contributed by atoms with Crippen LogP contribution >= 0.6 is 0 Å². The molecule has 0 aliphatic carbocycles. The molecule has 1 aliphatic rings. The van der Waals surface area contributed by atoms with Crippen LogP contribution in [0.2, 0.25) is 0 Å². The van der Waals surface area contributed by atoms with Gasteiger partial charge in [0.15, 0.2) is 9.84 Å². The van der Waals surface area contributed by atoms with Crippen LogP contribution in [0, 0.1) is 0 Å². The van der Waals surface area contributed by atoms with Crippen molar-refractivity contribution in [2.45, 2.75) is 38.5 Å². The molecule has 0 bridgehead atoms. The third-order valence-electron chi connectivity index (χ3n) is 2.81. The molecular weight excluding hydrogens is 202 g/mol. The summed E-state index contributed by atoms with van der Waals surface area (Å²) in [5.74, 6) is 0.590. The van der Waals surface area contributed by atoms with Gasteiger partial charge in [0, 0.05) is 19.2 Å². The Balaban J connectivity index is 2.39. The molecule has 3 atom stereocenters. The van der Waals surface area contributed by atoms with E-state index < -0.39 is 9.84 Å². The number of hydrogen-bond donors (Lipinski definition) is 1. The van der Waals surface area contributed by atoms with Crippen molar-refractivity contribution in [1.29, 1.82) is 0 Å². The van der Waals surface area contributed by atoms with Crippen LogP contribution in [-0.4, -0.2) is 45.2 Å². The van der Waals surface area contributed by atoms with Crippen LogP contribution in [0.3, 0.4) is 0 Å². The van der Waals surface area contributed by atoms with Crippen molar-refractivity contribution >= 4 is 9.84 Å². The Kier molecular flexibility index (Phi) is 3.92. The van der Waals surface area contributed by atoms with Gasteiger partial charge in [0.1, 0.15) is 0 Å². The third kappa shape index (κ3) is 3.22. The summed E-state index contributed by atoms with van der Waals surface area (Å²) in [6.45, 7) is 3.99. The van der Waals surface area contributed by atoms with Crippen LogP contribution in [-0.2, 0) is 14.6 Å². The molecule has 84 valence electrons. The van der Waals surface area contributed by atoms with Gasteiger partial charge in [-0.1, -0.05) is 0 Å². The lowest BCUT2D eigenvalue weighted by Gasteiger charge is -2.23. The Morgan fingerprint density at radius 2 is 2.07 bits per heavy atom. The predicted molar refractivity (Wildman–Crippen MR) is 56.1 cm³/mol. The van der Waals surface area contributed by atoms with E-state index in [2.05, 4.69) is 5.32 Å². The largest absolute Gasteiger partial charge is 0.380 e. The molecule has 0 aromatic heterocycles. The van der Waals surface area contributed by atoms with Gasteiger partial charge in [-0.25, -0.2) is 8.42 Å². The summed E-state index contributed by atoms with van der Waals surface area (Å²) in [6.07, 6.45) is 0.835. The fourth-order valence-corrected chi connectivity index (χ4v) is 3.32. The standard InChI is InChI=1S/C9H19NO3S/c1-7(8(2)13-3)10-9-4-5-14(11,12)6-9/h7-10H,4-6H2,1-3H3. The second-order valence-corrected chi connectivity index (χ2v) is 6.22. The van der Waals surface area contributed by atoms with E-state index in [1.165, 1.54) is 0 Å². The number of hydrogen-bond acceptors (Lipinski definition) is 4. The summed E-state index contributed by atoms with van der Waals surface area (Å²) < 4.78 is 27.5. The maximum atomic E-state index is 11.2. The lowest BCUT2D eigenvalue weighted by molar-refractivity contribution is 0.0855. The van der Waals surface area contributed by atoms with E-state index in [0.29, 0.717) is 5.75 Å². The molecule has 0 aromatic carbocycles. The molecule has 1 heterocycles. The molecule has 1 aliphatic heterocycles. The van der Waals surface area contributed by atoms with Crippen molar-refractivity contribution in [2.24, 2.45) is 0 Å². The number of methoxy groups -OCH3 is 1. The molecule has 5 heteroatoms. The lowest BCUT2D eigenvalue weighted by Crippen LogP contribution is -2.43. The quantitative estimate of drug-likeness (QED) is 0.736. The number of nitrogens with one attached hydrogen (secondary N) is 1. The third-order valence-corrected chi connectivity index (χ3v) is 4.57. The summed E-state index contributed by atoms with van der Waals surface area (Å²) >= 11 is 0. The summed E-state index contributed by atoms with van der Waals surface area (Å²) in [5, 5.41) is 3.28. The zero-order valence-corrected chi connectivity index (χ0v) is 9.80. The minimum Gasteiger partial charge on any atom is -0.380 e. The molecule has 1 fully saturated rings. The minimum atomic E-state index is -2.78. The molecule has 0 spiro atoms. The number of rotatable bonds is 4. The van der Waals surface area contributed by atoms with E-state index in [4.69, 9.17) is 4.74 Å². The van der Waals surface area contributed by atoms with Gasteiger partial charge in [0.2, 0.25) is 0 Å². The smallest absolute Gasteiger partial charge is 0.151 e. The SMILES string of the molecule is COC(C)C(C)NC1CCS(=O)(=O)C1. The normalized spacial score (nSPS) is 30.1. The molecule has 0 radical (unpaired) electrons. The van der Waals surface area contributed by atoms with Crippen LogP contribution < -0.4 is 5.32 Å². The van der Waals surface area contributed by atoms with E-state index in [0.717, 1.165) is 6.42 Å². The van der Waals surface area contributed by atoms with Gasteiger partial charge < -0.3 is 10.1 Å². The van der Waals surface area contributed by atoms with Crippen LogP contribution in [0.1, 0.15) is 20.3 Å². The number of ether oxygens (including phenoxy) is 1. The first-order valence-electron chi connectivity index (χ1n) is 4.94. The van der Waals surface area contributed by atoms with Gasteiger partial charge in [0.25, 0.3) is 0 Å². The first-order valence-corrected chi connectivity index (χ1v) is 6.76. The molecule has 0 amide bonds. The Labute approximate surface area is 85.9 Å². The first-order chi connectivity index (χ1) is 6.44. The van der Waals surface area contributed by atoms with E-state index in [9.17, 15) is 8.42 Å². The van der Waals surface area contributed by atoms with Crippen molar-refractivity contribution in [3.05, 3.63) is 0 Å². The second kappa shape index (κ2) is 4.59. The van der Waals surface area contributed by atoms with Crippen LogP contribution in [0.15, 0.2) is 0 Å². The van der Waals surface area contributed by atoms with Crippen molar-refractivity contribution in [1.82, 2.24) is 5.32 Å². The van der Waals surface area contributed by atoms with Crippen LogP contribution in [0.5, 0.6) is 0 Å². The van der Waals surface area contributed by atoms with Gasteiger partial charge in [0.05, 0.1) is 17.6 Å². The highest BCUT2D eigenvalue weighted by Gasteiger charge is 2.29. The molecule has 14 heavy (non-hydrogen) atoms. The van der Waals surface area contributed by atoms with E-state index in [-0.39, 0.29) is 23.9 Å². The Morgan fingerprint density at radius 3 is 2.50 bits per heavy atom. The van der Waals surface area contributed by atoms with Crippen LogP contribution in [0.25, 0.3) is 0 Å². The molecule has 4 nitrogen and oxygen atoms in total. The fourth-order valence-electron chi connectivity index (χ4n) is 1.64. The lowest BCUT2D eigenvalue weighted by atomic mass is 10.1.